The van der Waals surface area contributed by atoms with Gasteiger partial charge in [0, 0.05) is 26.1 Å². The molecule has 4 heteroatoms. The maximum absolute atomic E-state index is 11.0. The highest BCUT2D eigenvalue weighted by atomic mass is 16.3. The number of phenols is 1. The number of rotatable bonds is 5. The van der Waals surface area contributed by atoms with E-state index in [4.69, 9.17) is 0 Å². The average molecular weight is 353 g/mol. The largest absolute Gasteiger partial charge is 0.508 e. The number of hydrogen-bond acceptors (Lipinski definition) is 4. The van der Waals surface area contributed by atoms with Crippen molar-refractivity contribution in [2.45, 2.75) is 31.0 Å². The van der Waals surface area contributed by atoms with E-state index in [1.54, 1.807) is 24.3 Å². The predicted octanol–water partition coefficient (Wildman–Crippen LogP) is 2.74. The summed E-state index contributed by atoms with van der Waals surface area (Å²) in [5, 5.41) is 30.9. The lowest BCUT2D eigenvalue weighted by molar-refractivity contribution is 0.0328. The number of fused-ring (bicyclic) bond motifs is 1. The van der Waals surface area contributed by atoms with Crippen LogP contribution in [0.1, 0.15) is 30.1 Å². The van der Waals surface area contributed by atoms with Crippen molar-refractivity contribution in [2.24, 2.45) is 11.8 Å². The van der Waals surface area contributed by atoms with Crippen LogP contribution in [0.4, 0.5) is 0 Å². The molecule has 0 aromatic heterocycles. The van der Waals surface area contributed by atoms with Crippen molar-refractivity contribution < 1.29 is 15.3 Å². The molecule has 26 heavy (non-hydrogen) atoms. The summed E-state index contributed by atoms with van der Waals surface area (Å²) in [5.41, 5.74) is 1.45. The SMILES string of the molecule is Oc1ccc(C(O)CN2C[C@@H]3CC(O)(Cc4ccccc4)C[C@@H]3C2)cc1. The molecule has 4 rings (SSSR count). The normalized spacial score (nSPS) is 29.6. The zero-order valence-electron chi connectivity index (χ0n) is 15.0. The zero-order chi connectivity index (χ0) is 18.1. The molecule has 2 aromatic rings. The lowest BCUT2D eigenvalue weighted by atomic mass is 9.91. The van der Waals surface area contributed by atoms with E-state index in [1.165, 1.54) is 5.56 Å². The van der Waals surface area contributed by atoms with Gasteiger partial charge in [0.15, 0.2) is 0 Å². The molecule has 3 N–H and O–H groups in total. The second-order valence-electron chi connectivity index (χ2n) is 8.14. The van der Waals surface area contributed by atoms with Gasteiger partial charge in [0.2, 0.25) is 0 Å². The van der Waals surface area contributed by atoms with Crippen molar-refractivity contribution >= 4 is 0 Å². The first-order valence-corrected chi connectivity index (χ1v) is 9.46. The Morgan fingerprint density at radius 1 is 0.962 bits per heavy atom. The Morgan fingerprint density at radius 3 is 2.19 bits per heavy atom. The molecule has 0 amide bonds. The van der Waals surface area contributed by atoms with E-state index in [2.05, 4.69) is 17.0 Å². The fourth-order valence-electron chi connectivity index (χ4n) is 4.87. The van der Waals surface area contributed by atoms with Crippen molar-refractivity contribution in [3.8, 4) is 5.75 Å². The molecule has 1 aliphatic carbocycles. The second kappa shape index (κ2) is 7.03. The van der Waals surface area contributed by atoms with E-state index in [0.29, 0.717) is 18.4 Å². The van der Waals surface area contributed by atoms with E-state index in [9.17, 15) is 15.3 Å². The Bertz CT molecular complexity index is 717. The lowest BCUT2D eigenvalue weighted by Crippen LogP contribution is -2.33. The molecule has 4 nitrogen and oxygen atoms in total. The van der Waals surface area contributed by atoms with E-state index >= 15 is 0 Å². The third-order valence-corrected chi connectivity index (χ3v) is 6.02. The lowest BCUT2D eigenvalue weighted by Gasteiger charge is -2.27. The molecule has 0 spiro atoms. The summed E-state index contributed by atoms with van der Waals surface area (Å²) in [6.07, 6.45) is 1.88. The van der Waals surface area contributed by atoms with Crippen LogP contribution in [0.25, 0.3) is 0 Å². The molecule has 0 radical (unpaired) electrons. The van der Waals surface area contributed by atoms with Crippen LogP contribution in [0.3, 0.4) is 0 Å². The molecule has 0 bridgehead atoms. The van der Waals surface area contributed by atoms with Crippen molar-refractivity contribution in [1.82, 2.24) is 4.90 Å². The van der Waals surface area contributed by atoms with Crippen LogP contribution in [0.2, 0.25) is 0 Å². The number of hydrogen-bond donors (Lipinski definition) is 3. The molecule has 2 aromatic carbocycles. The summed E-state index contributed by atoms with van der Waals surface area (Å²) in [4.78, 5) is 2.31. The highest BCUT2D eigenvalue weighted by molar-refractivity contribution is 5.27. The number of aliphatic hydroxyl groups is 2. The number of nitrogens with zero attached hydrogens (tertiary/aromatic N) is 1. The quantitative estimate of drug-likeness (QED) is 0.773. The van der Waals surface area contributed by atoms with Crippen LogP contribution >= 0.6 is 0 Å². The van der Waals surface area contributed by atoms with Gasteiger partial charge >= 0.3 is 0 Å². The zero-order valence-corrected chi connectivity index (χ0v) is 15.0. The summed E-state index contributed by atoms with van der Waals surface area (Å²) in [6, 6.07) is 17.0. The monoisotopic (exact) mass is 353 g/mol. The molecule has 138 valence electrons. The van der Waals surface area contributed by atoms with Crippen LogP contribution in [-0.2, 0) is 6.42 Å². The minimum Gasteiger partial charge on any atom is -0.508 e. The van der Waals surface area contributed by atoms with E-state index in [-0.39, 0.29) is 5.75 Å². The van der Waals surface area contributed by atoms with Gasteiger partial charge in [0.1, 0.15) is 5.75 Å². The number of benzene rings is 2. The predicted molar refractivity (Wildman–Crippen MR) is 101 cm³/mol. The maximum atomic E-state index is 11.0. The van der Waals surface area contributed by atoms with Gasteiger partial charge in [-0.15, -0.1) is 0 Å². The highest BCUT2D eigenvalue weighted by Gasteiger charge is 2.48. The molecule has 1 saturated heterocycles. The first-order valence-electron chi connectivity index (χ1n) is 9.46. The molecule has 2 unspecified atom stereocenters. The summed E-state index contributed by atoms with van der Waals surface area (Å²) in [5.74, 6) is 1.24. The molecule has 4 atom stereocenters. The summed E-state index contributed by atoms with van der Waals surface area (Å²) < 4.78 is 0. The van der Waals surface area contributed by atoms with Crippen LogP contribution < -0.4 is 0 Å². The summed E-state index contributed by atoms with van der Waals surface area (Å²) >= 11 is 0. The van der Waals surface area contributed by atoms with Crippen molar-refractivity contribution in [3.05, 3.63) is 65.7 Å². The van der Waals surface area contributed by atoms with E-state index in [1.807, 2.05) is 18.2 Å². The fourth-order valence-corrected chi connectivity index (χ4v) is 4.87. The standard InChI is InChI=1S/C22H27NO3/c24-20-8-6-17(7-9-20)21(25)15-23-13-18-11-22(26,12-19(18)14-23)10-16-4-2-1-3-5-16/h1-9,18-19,21,24-26H,10-15H2/t18-,19+,21?,22?. The van der Waals surface area contributed by atoms with E-state index in [0.717, 1.165) is 37.9 Å². The van der Waals surface area contributed by atoms with Gasteiger partial charge in [0.25, 0.3) is 0 Å². The third kappa shape index (κ3) is 3.78. The number of aromatic hydroxyl groups is 1. The van der Waals surface area contributed by atoms with Gasteiger partial charge in [0.05, 0.1) is 11.7 Å². The van der Waals surface area contributed by atoms with Gasteiger partial charge in [-0.05, 0) is 47.9 Å². The van der Waals surface area contributed by atoms with Crippen molar-refractivity contribution in [3.63, 3.8) is 0 Å². The number of phenolic OH excluding ortho intramolecular Hbond substituents is 1. The molecular formula is C22H27NO3. The van der Waals surface area contributed by atoms with Crippen LogP contribution in [0, 0.1) is 11.8 Å². The highest BCUT2D eigenvalue weighted by Crippen LogP contribution is 2.45. The number of aliphatic hydroxyl groups excluding tert-OH is 1. The molecule has 1 saturated carbocycles. The van der Waals surface area contributed by atoms with Gasteiger partial charge in [-0.2, -0.15) is 0 Å². The van der Waals surface area contributed by atoms with Crippen LogP contribution in [0.5, 0.6) is 5.75 Å². The topological polar surface area (TPSA) is 63.9 Å². The fraction of sp³-hybridized carbons (Fsp3) is 0.455. The number of β-amino-alcohol motifs (C(OH)–C–C–N with tert-alkyl or cyclic N) is 1. The summed E-state index contributed by atoms with van der Waals surface area (Å²) in [6.45, 7) is 2.49. The molecule has 1 heterocycles. The molecule has 1 aliphatic heterocycles. The first kappa shape index (κ1) is 17.5. The number of likely N-dealkylation sites (tertiary alicyclic amines) is 1. The van der Waals surface area contributed by atoms with Crippen molar-refractivity contribution in [1.29, 1.82) is 0 Å². The van der Waals surface area contributed by atoms with Gasteiger partial charge < -0.3 is 15.3 Å². The Morgan fingerprint density at radius 2 is 1.58 bits per heavy atom. The molecule has 2 fully saturated rings. The van der Waals surface area contributed by atoms with Crippen LogP contribution in [0.15, 0.2) is 54.6 Å². The average Bonchev–Trinajstić information content (AvgIpc) is 3.10. The summed E-state index contributed by atoms with van der Waals surface area (Å²) in [7, 11) is 0. The van der Waals surface area contributed by atoms with Crippen molar-refractivity contribution in [2.75, 3.05) is 19.6 Å². The first-order chi connectivity index (χ1) is 12.5. The Balaban J connectivity index is 1.32. The molecular weight excluding hydrogens is 326 g/mol. The van der Waals surface area contributed by atoms with Gasteiger partial charge in [-0.25, -0.2) is 0 Å². The Kier molecular flexibility index (Phi) is 4.74. The minimum atomic E-state index is -0.585. The Labute approximate surface area is 154 Å². The third-order valence-electron chi connectivity index (χ3n) is 6.02. The van der Waals surface area contributed by atoms with Gasteiger partial charge in [-0.3, -0.25) is 4.90 Å². The van der Waals surface area contributed by atoms with E-state index < -0.39 is 11.7 Å². The smallest absolute Gasteiger partial charge is 0.115 e. The minimum absolute atomic E-state index is 0.217. The second-order valence-corrected chi connectivity index (χ2v) is 8.14. The van der Waals surface area contributed by atoms with Gasteiger partial charge in [-0.1, -0.05) is 42.5 Å². The molecule has 2 aliphatic rings. The maximum Gasteiger partial charge on any atom is 0.115 e. The Hall–Kier alpha value is -1.88. The van der Waals surface area contributed by atoms with Crippen LogP contribution in [-0.4, -0.2) is 45.5 Å².